The third-order valence-electron chi connectivity index (χ3n) is 4.91. The fourth-order valence-electron chi connectivity index (χ4n) is 3.08. The van der Waals surface area contributed by atoms with Crippen LogP contribution in [0.1, 0.15) is 0 Å². The number of rotatable bonds is 6. The summed E-state index contributed by atoms with van der Waals surface area (Å²) in [5, 5.41) is 28.7. The summed E-state index contributed by atoms with van der Waals surface area (Å²) in [7, 11) is -5.78. The summed E-state index contributed by atoms with van der Waals surface area (Å²) in [4.78, 5) is -1.78. The number of halogens is 17. The van der Waals surface area contributed by atoms with Gasteiger partial charge < -0.3 is 24.6 Å². The zero-order chi connectivity index (χ0) is 32.6. The van der Waals surface area contributed by atoms with Crippen LogP contribution in [0, 0.1) is 0 Å². The van der Waals surface area contributed by atoms with E-state index in [1.54, 1.807) is 0 Å². The lowest BCUT2D eigenvalue weighted by molar-refractivity contribution is -0.522. The Morgan fingerprint density at radius 3 is 1.18 bits per heavy atom. The summed E-state index contributed by atoms with van der Waals surface area (Å²) in [6, 6.07) is -1.78. The van der Waals surface area contributed by atoms with Gasteiger partial charge in [-0.25, -0.2) is 17.2 Å². The van der Waals surface area contributed by atoms with Gasteiger partial charge in [0, 0.05) is 6.07 Å². The summed E-state index contributed by atoms with van der Waals surface area (Å²) < 4.78 is 266. The van der Waals surface area contributed by atoms with Crippen LogP contribution in [0.4, 0.5) is 74.6 Å². The molecule has 0 heterocycles. The number of hydrogen-bond acceptors (Lipinski definition) is 7. The molecule has 1 atom stereocenters. The van der Waals surface area contributed by atoms with E-state index in [0.29, 0.717) is 0 Å². The van der Waals surface area contributed by atoms with Crippen molar-refractivity contribution >= 4 is 10.1 Å². The van der Waals surface area contributed by atoms with E-state index in [2.05, 4.69) is 4.74 Å². The number of aliphatic hydroxyl groups is 2. The fraction of sp³-hybridized carbons (Fsp3) is 0.600. The lowest BCUT2D eigenvalue weighted by Crippen LogP contribution is -2.91. The summed E-state index contributed by atoms with van der Waals surface area (Å²) in [5.74, 6) is -13.3. The van der Waals surface area contributed by atoms with Crippen molar-refractivity contribution in [2.24, 2.45) is 0 Å². The maximum atomic E-state index is 14.8. The van der Waals surface area contributed by atoms with Gasteiger partial charge >= 0.3 is 48.0 Å². The first-order chi connectivity index (χ1) is 17.1. The lowest BCUT2D eigenvalue weighted by atomic mass is 9.65. The maximum Gasteiger partial charge on any atom is 0.458 e. The van der Waals surface area contributed by atoms with Crippen LogP contribution in [-0.4, -0.2) is 81.9 Å². The Morgan fingerprint density at radius 1 is 0.625 bits per heavy atom. The number of benzene rings is 1. The van der Waals surface area contributed by atoms with Crippen molar-refractivity contribution in [1.82, 2.24) is 0 Å². The molecule has 0 aliphatic carbocycles. The Hall–Kier alpha value is -2.54. The highest BCUT2D eigenvalue weighted by Crippen LogP contribution is 2.68. The van der Waals surface area contributed by atoms with Crippen LogP contribution >= 0.6 is 0 Å². The number of phenols is 1. The molecule has 0 aromatic heterocycles. The molecule has 1 unspecified atom stereocenters. The van der Waals surface area contributed by atoms with Gasteiger partial charge in [0.05, 0.1) is 4.90 Å². The molecule has 0 aliphatic rings. The van der Waals surface area contributed by atoms with Gasteiger partial charge in [0.15, 0.2) is 11.5 Å². The maximum absolute atomic E-state index is 14.8. The zero-order valence-electron chi connectivity index (χ0n) is 17.5. The highest BCUT2D eigenvalue weighted by molar-refractivity contribution is 7.85. The Morgan fingerprint density at radius 2 is 0.950 bits per heavy atom. The molecule has 234 valence electrons. The van der Waals surface area contributed by atoms with E-state index < -0.39 is 98.3 Å². The normalized spacial score (nSPS) is 17.0. The molecule has 1 aromatic rings. The van der Waals surface area contributed by atoms with E-state index in [-0.39, 0.29) is 0 Å². The summed E-state index contributed by atoms with van der Waals surface area (Å²) in [6.07, 6.45) is -42.7. The molecule has 3 N–H and O–H groups in total. The quantitative estimate of drug-likeness (QED) is 0.237. The average Bonchev–Trinajstić information content (AvgIpc) is 2.68. The lowest BCUT2D eigenvalue weighted by Gasteiger charge is -2.55. The summed E-state index contributed by atoms with van der Waals surface area (Å²) in [6.45, 7) is 0. The molecular weight excluding hydrogens is 647 g/mol. The molecule has 0 saturated heterocycles. The second-order valence-electron chi connectivity index (χ2n) is 7.35. The predicted octanol–water partition coefficient (Wildman–Crippen LogP) is 4.32. The minimum absolute atomic E-state index is 0.417. The topological polar surface area (TPSA) is 127 Å². The molecular formula is C15H6F17O7S-. The number of phenolic OH excluding ortho intramolecular Hbond substituents is 1. The van der Waals surface area contributed by atoms with Crippen molar-refractivity contribution in [3.63, 3.8) is 0 Å². The van der Waals surface area contributed by atoms with Crippen LogP contribution in [0.25, 0.3) is 0 Å². The monoisotopic (exact) mass is 653 g/mol. The van der Waals surface area contributed by atoms with Gasteiger partial charge in [-0.3, -0.25) is 0 Å². The Kier molecular flexibility index (Phi) is 8.19. The van der Waals surface area contributed by atoms with Crippen molar-refractivity contribution in [3.8, 4) is 11.5 Å². The average molecular weight is 653 g/mol. The molecule has 0 bridgehead atoms. The highest BCUT2D eigenvalue weighted by atomic mass is 32.2. The second-order valence-corrected chi connectivity index (χ2v) is 8.73. The number of ether oxygens (including phenoxy) is 1. The molecule has 40 heavy (non-hydrogen) atoms. The van der Waals surface area contributed by atoms with Crippen molar-refractivity contribution in [3.05, 3.63) is 18.2 Å². The van der Waals surface area contributed by atoms with Gasteiger partial charge in [-0.05, 0) is 12.1 Å². The van der Waals surface area contributed by atoms with Crippen molar-refractivity contribution in [2.75, 3.05) is 0 Å². The van der Waals surface area contributed by atoms with Gasteiger partial charge in [-0.1, -0.05) is 0 Å². The van der Waals surface area contributed by atoms with Crippen LogP contribution in [0.3, 0.4) is 0 Å². The molecule has 25 heteroatoms. The van der Waals surface area contributed by atoms with Gasteiger partial charge in [0.2, 0.25) is 5.60 Å². The molecule has 0 saturated carbocycles. The Labute approximate surface area is 207 Å². The molecule has 0 spiro atoms. The number of aromatic hydroxyl groups is 1. The van der Waals surface area contributed by atoms with E-state index in [0.717, 1.165) is 0 Å². The van der Waals surface area contributed by atoms with Gasteiger partial charge in [-0.2, -0.15) is 65.9 Å². The van der Waals surface area contributed by atoms with Crippen molar-refractivity contribution in [2.45, 2.75) is 58.5 Å². The first-order valence-electron chi connectivity index (χ1n) is 8.73. The fourth-order valence-corrected chi connectivity index (χ4v) is 3.57. The molecule has 7 nitrogen and oxygen atoms in total. The van der Waals surface area contributed by atoms with Crippen LogP contribution in [0.15, 0.2) is 23.1 Å². The third-order valence-corrected chi connectivity index (χ3v) is 5.74. The Balaban J connectivity index is 4.61. The standard InChI is InChI=1S/C15H7F17O7S/c16-7(11(18,19)20,12(21,22)23)9(34,8(17,13(24,25)26)14(27,28)29)10(35,15(30,31)32)39-6-2-1-4(3-5(6)33)40(36,37)38/h1-3,33-35H,(H,36,37,38)/p-1. The van der Waals surface area contributed by atoms with Crippen LogP contribution < -0.4 is 4.74 Å². The summed E-state index contributed by atoms with van der Waals surface area (Å²) in [5.41, 5.74) is -27.2. The first kappa shape index (κ1) is 35.5. The smallest absolute Gasteiger partial charge is 0.458 e. The SMILES string of the molecule is O=S(=O)([O-])c1ccc(OC(O)(C(F)(F)F)C(O)(C(F)(C(F)(F)F)C(F)(F)F)C(F)(C(F)(F)F)C(F)(F)F)c(O)c1. The van der Waals surface area contributed by atoms with E-state index in [4.69, 9.17) is 0 Å². The van der Waals surface area contributed by atoms with E-state index in [1.807, 2.05) is 0 Å². The molecule has 0 aliphatic heterocycles. The van der Waals surface area contributed by atoms with E-state index >= 15 is 0 Å². The highest BCUT2D eigenvalue weighted by Gasteiger charge is 3.03. The van der Waals surface area contributed by atoms with Crippen molar-refractivity contribution in [1.29, 1.82) is 0 Å². The number of alkyl halides is 17. The van der Waals surface area contributed by atoms with E-state index in [9.17, 15) is 103 Å². The summed E-state index contributed by atoms with van der Waals surface area (Å²) >= 11 is 0. The van der Waals surface area contributed by atoms with Crippen LogP contribution in [0.2, 0.25) is 0 Å². The predicted molar refractivity (Wildman–Crippen MR) is 84.6 cm³/mol. The zero-order valence-corrected chi connectivity index (χ0v) is 18.4. The molecule has 0 radical (unpaired) electrons. The molecule has 1 aromatic carbocycles. The minimum atomic E-state index is -9.11. The van der Waals surface area contributed by atoms with Crippen LogP contribution in [-0.2, 0) is 10.1 Å². The third kappa shape index (κ3) is 4.82. The van der Waals surface area contributed by atoms with Gasteiger partial charge in [0.25, 0.3) is 0 Å². The van der Waals surface area contributed by atoms with Gasteiger partial charge in [-0.15, -0.1) is 0 Å². The van der Waals surface area contributed by atoms with Gasteiger partial charge in [0.1, 0.15) is 10.1 Å². The molecule has 1 rings (SSSR count). The van der Waals surface area contributed by atoms with Crippen LogP contribution in [0.5, 0.6) is 11.5 Å². The Bertz CT molecular complexity index is 1150. The first-order valence-corrected chi connectivity index (χ1v) is 10.1. The van der Waals surface area contributed by atoms with Crippen molar-refractivity contribution < 1.29 is 108 Å². The largest absolute Gasteiger partial charge is 0.744 e. The molecule has 0 amide bonds. The molecule has 0 fully saturated rings. The minimum Gasteiger partial charge on any atom is -0.744 e. The second kappa shape index (κ2) is 9.23. The number of hydrogen-bond donors (Lipinski definition) is 3. The van der Waals surface area contributed by atoms with E-state index in [1.165, 1.54) is 0 Å².